The molecule has 1 aromatic heterocycles. The second-order valence-electron chi connectivity index (χ2n) is 3.54. The lowest BCUT2D eigenvalue weighted by molar-refractivity contribution is 0.276. The SMILES string of the molecule is COc1ccc(Oc2ccncc2CO)c(Br)c1. The zero-order valence-corrected chi connectivity index (χ0v) is 11.3. The summed E-state index contributed by atoms with van der Waals surface area (Å²) in [4.78, 5) is 3.94. The van der Waals surface area contributed by atoms with Crippen molar-refractivity contribution in [1.82, 2.24) is 4.98 Å². The van der Waals surface area contributed by atoms with Crippen molar-refractivity contribution in [2.75, 3.05) is 7.11 Å². The van der Waals surface area contributed by atoms with Gasteiger partial charge in [0, 0.05) is 18.0 Å². The van der Waals surface area contributed by atoms with E-state index in [0.717, 1.165) is 10.2 Å². The van der Waals surface area contributed by atoms with Gasteiger partial charge in [-0.15, -0.1) is 0 Å². The summed E-state index contributed by atoms with van der Waals surface area (Å²) in [6, 6.07) is 7.13. The molecule has 0 fully saturated rings. The maximum atomic E-state index is 9.20. The largest absolute Gasteiger partial charge is 0.497 e. The van der Waals surface area contributed by atoms with Crippen LogP contribution in [0.4, 0.5) is 0 Å². The van der Waals surface area contributed by atoms with E-state index in [1.165, 1.54) is 0 Å². The number of ether oxygens (including phenoxy) is 2. The van der Waals surface area contributed by atoms with E-state index in [4.69, 9.17) is 9.47 Å². The zero-order valence-electron chi connectivity index (χ0n) is 9.76. The molecule has 5 heteroatoms. The van der Waals surface area contributed by atoms with Gasteiger partial charge in [0.1, 0.15) is 17.2 Å². The predicted octanol–water partition coefficient (Wildman–Crippen LogP) is 3.14. The topological polar surface area (TPSA) is 51.6 Å². The average molecular weight is 310 g/mol. The second-order valence-corrected chi connectivity index (χ2v) is 4.39. The molecule has 2 aromatic rings. The van der Waals surface area contributed by atoms with Gasteiger partial charge in [0.15, 0.2) is 0 Å². The highest BCUT2D eigenvalue weighted by molar-refractivity contribution is 9.10. The number of hydrogen-bond acceptors (Lipinski definition) is 4. The van der Waals surface area contributed by atoms with Crippen LogP contribution in [0, 0.1) is 0 Å². The maximum absolute atomic E-state index is 9.20. The molecule has 94 valence electrons. The number of aliphatic hydroxyl groups is 1. The van der Waals surface area contributed by atoms with Crippen LogP contribution in [0.25, 0.3) is 0 Å². The van der Waals surface area contributed by atoms with E-state index in [1.807, 2.05) is 6.07 Å². The summed E-state index contributed by atoms with van der Waals surface area (Å²) in [6.45, 7) is -0.114. The van der Waals surface area contributed by atoms with Crippen molar-refractivity contribution in [3.63, 3.8) is 0 Å². The molecule has 0 saturated heterocycles. The van der Waals surface area contributed by atoms with Crippen molar-refractivity contribution < 1.29 is 14.6 Å². The highest BCUT2D eigenvalue weighted by Gasteiger charge is 2.07. The number of aromatic nitrogens is 1. The number of benzene rings is 1. The van der Waals surface area contributed by atoms with Gasteiger partial charge in [-0.2, -0.15) is 0 Å². The molecule has 1 N–H and O–H groups in total. The lowest BCUT2D eigenvalue weighted by Gasteiger charge is -2.11. The average Bonchev–Trinajstić information content (AvgIpc) is 2.41. The van der Waals surface area contributed by atoms with Crippen molar-refractivity contribution in [3.05, 3.63) is 46.7 Å². The summed E-state index contributed by atoms with van der Waals surface area (Å²) in [5.41, 5.74) is 0.639. The van der Waals surface area contributed by atoms with Crippen LogP contribution in [0.15, 0.2) is 41.1 Å². The van der Waals surface area contributed by atoms with E-state index in [9.17, 15) is 5.11 Å². The van der Waals surface area contributed by atoms with Crippen LogP contribution in [-0.2, 0) is 6.61 Å². The lowest BCUT2D eigenvalue weighted by atomic mass is 10.2. The van der Waals surface area contributed by atoms with Crippen LogP contribution < -0.4 is 9.47 Å². The summed E-state index contributed by atoms with van der Waals surface area (Å²) < 4.78 is 11.6. The molecule has 0 unspecified atom stereocenters. The van der Waals surface area contributed by atoms with Crippen LogP contribution in [-0.4, -0.2) is 17.2 Å². The first-order chi connectivity index (χ1) is 8.74. The monoisotopic (exact) mass is 309 g/mol. The number of nitrogens with zero attached hydrogens (tertiary/aromatic N) is 1. The molecule has 0 aliphatic heterocycles. The smallest absolute Gasteiger partial charge is 0.141 e. The van der Waals surface area contributed by atoms with Crippen molar-refractivity contribution in [2.24, 2.45) is 0 Å². The highest BCUT2D eigenvalue weighted by atomic mass is 79.9. The van der Waals surface area contributed by atoms with Crippen LogP contribution in [0.5, 0.6) is 17.2 Å². The standard InChI is InChI=1S/C13H12BrNO3/c1-17-10-2-3-13(11(14)6-10)18-12-4-5-15-7-9(12)8-16/h2-7,16H,8H2,1H3. The molecule has 1 heterocycles. The van der Waals surface area contributed by atoms with Gasteiger partial charge in [-0.25, -0.2) is 0 Å². The van der Waals surface area contributed by atoms with Crippen LogP contribution in [0.2, 0.25) is 0 Å². The zero-order chi connectivity index (χ0) is 13.0. The first kappa shape index (κ1) is 12.9. The minimum Gasteiger partial charge on any atom is -0.497 e. The maximum Gasteiger partial charge on any atom is 0.141 e. The number of pyridine rings is 1. The molecule has 0 aliphatic carbocycles. The Morgan fingerprint density at radius 2 is 2.11 bits per heavy atom. The minimum absolute atomic E-state index is 0.114. The van der Waals surface area contributed by atoms with Gasteiger partial charge in [0.25, 0.3) is 0 Å². The lowest BCUT2D eigenvalue weighted by Crippen LogP contribution is -1.93. The fourth-order valence-electron chi connectivity index (χ4n) is 1.44. The number of methoxy groups -OCH3 is 1. The van der Waals surface area contributed by atoms with Crippen molar-refractivity contribution in [2.45, 2.75) is 6.61 Å². The summed E-state index contributed by atoms with van der Waals surface area (Å²) in [6.07, 6.45) is 3.19. The normalized spacial score (nSPS) is 10.2. The third-order valence-electron chi connectivity index (χ3n) is 2.39. The quantitative estimate of drug-likeness (QED) is 0.942. The van der Waals surface area contributed by atoms with E-state index in [0.29, 0.717) is 17.1 Å². The summed E-state index contributed by atoms with van der Waals surface area (Å²) >= 11 is 3.41. The molecule has 4 nitrogen and oxygen atoms in total. The number of rotatable bonds is 4. The van der Waals surface area contributed by atoms with E-state index in [-0.39, 0.29) is 6.61 Å². The first-order valence-corrected chi connectivity index (χ1v) is 6.09. The minimum atomic E-state index is -0.114. The first-order valence-electron chi connectivity index (χ1n) is 5.29. The molecule has 2 rings (SSSR count). The number of halogens is 1. The predicted molar refractivity (Wildman–Crippen MR) is 70.9 cm³/mol. The molecular formula is C13H12BrNO3. The van der Waals surface area contributed by atoms with Crippen molar-refractivity contribution in [3.8, 4) is 17.2 Å². The van der Waals surface area contributed by atoms with Crippen LogP contribution >= 0.6 is 15.9 Å². The third kappa shape index (κ3) is 2.80. The molecule has 0 amide bonds. The number of aliphatic hydroxyl groups excluding tert-OH is 1. The Morgan fingerprint density at radius 1 is 1.28 bits per heavy atom. The molecule has 1 aromatic carbocycles. The second kappa shape index (κ2) is 5.84. The fraction of sp³-hybridized carbons (Fsp3) is 0.154. The summed E-state index contributed by atoms with van der Waals surface area (Å²) in [5.74, 6) is 1.97. The van der Waals surface area contributed by atoms with Crippen LogP contribution in [0.1, 0.15) is 5.56 Å². The molecule has 0 saturated carbocycles. The van der Waals surface area contributed by atoms with Gasteiger partial charge < -0.3 is 14.6 Å². The molecule has 0 aliphatic rings. The van der Waals surface area contributed by atoms with Gasteiger partial charge in [-0.3, -0.25) is 4.98 Å². The third-order valence-corrected chi connectivity index (χ3v) is 3.01. The Labute approximate surface area is 113 Å². The fourth-order valence-corrected chi connectivity index (χ4v) is 1.88. The molecule has 0 atom stereocenters. The van der Waals surface area contributed by atoms with Gasteiger partial charge >= 0.3 is 0 Å². The number of hydrogen-bond donors (Lipinski definition) is 1. The van der Waals surface area contributed by atoms with E-state index < -0.39 is 0 Å². The van der Waals surface area contributed by atoms with E-state index in [1.54, 1.807) is 37.7 Å². The molecule has 0 bridgehead atoms. The molecule has 18 heavy (non-hydrogen) atoms. The van der Waals surface area contributed by atoms with Crippen LogP contribution in [0.3, 0.4) is 0 Å². The summed E-state index contributed by atoms with van der Waals surface area (Å²) in [7, 11) is 1.61. The molecule has 0 spiro atoms. The summed E-state index contributed by atoms with van der Waals surface area (Å²) in [5, 5.41) is 9.20. The van der Waals surface area contributed by atoms with Gasteiger partial charge in [0.05, 0.1) is 18.2 Å². The van der Waals surface area contributed by atoms with E-state index in [2.05, 4.69) is 20.9 Å². The molecular weight excluding hydrogens is 298 g/mol. The Morgan fingerprint density at radius 3 is 2.78 bits per heavy atom. The van der Waals surface area contributed by atoms with Crippen molar-refractivity contribution in [1.29, 1.82) is 0 Å². The van der Waals surface area contributed by atoms with E-state index >= 15 is 0 Å². The Kier molecular flexibility index (Phi) is 4.17. The van der Waals surface area contributed by atoms with Gasteiger partial charge in [-0.05, 0) is 40.2 Å². The Balaban J connectivity index is 2.28. The van der Waals surface area contributed by atoms with Gasteiger partial charge in [0.2, 0.25) is 0 Å². The highest BCUT2D eigenvalue weighted by Crippen LogP contribution is 2.33. The Hall–Kier alpha value is -1.59. The molecule has 0 radical (unpaired) electrons. The van der Waals surface area contributed by atoms with Gasteiger partial charge in [-0.1, -0.05) is 0 Å². The van der Waals surface area contributed by atoms with Crippen molar-refractivity contribution >= 4 is 15.9 Å². The Bertz CT molecular complexity index is 546.